The minimum atomic E-state index is -0.706. The van der Waals surface area contributed by atoms with Crippen molar-refractivity contribution < 1.29 is 23.9 Å². The van der Waals surface area contributed by atoms with E-state index < -0.39 is 6.04 Å². The van der Waals surface area contributed by atoms with Gasteiger partial charge >= 0.3 is 0 Å². The number of hydrogen-bond acceptors (Lipinski definition) is 5. The van der Waals surface area contributed by atoms with Crippen molar-refractivity contribution in [3.63, 3.8) is 0 Å². The van der Waals surface area contributed by atoms with Crippen LogP contribution in [-0.2, 0) is 16.0 Å². The summed E-state index contributed by atoms with van der Waals surface area (Å²) in [6.45, 7) is 4.11. The van der Waals surface area contributed by atoms with Crippen LogP contribution >= 0.6 is 0 Å². The van der Waals surface area contributed by atoms with Crippen LogP contribution in [0.15, 0.2) is 36.4 Å². The van der Waals surface area contributed by atoms with Crippen LogP contribution in [0, 0.1) is 0 Å². The van der Waals surface area contributed by atoms with Gasteiger partial charge in [-0.1, -0.05) is 18.2 Å². The van der Waals surface area contributed by atoms with Crippen molar-refractivity contribution in [3.8, 4) is 11.5 Å². The lowest BCUT2D eigenvalue weighted by Crippen LogP contribution is -2.42. The van der Waals surface area contributed by atoms with Gasteiger partial charge in [-0.15, -0.1) is 0 Å². The van der Waals surface area contributed by atoms with Crippen molar-refractivity contribution >= 4 is 23.4 Å². The van der Waals surface area contributed by atoms with E-state index in [0.29, 0.717) is 29.2 Å². The van der Waals surface area contributed by atoms with Gasteiger partial charge in [0, 0.05) is 29.7 Å². The summed E-state index contributed by atoms with van der Waals surface area (Å²) < 4.78 is 11.5. The van der Waals surface area contributed by atoms with E-state index in [1.165, 1.54) is 0 Å². The Bertz CT molecular complexity index is 1130. The first-order valence-electron chi connectivity index (χ1n) is 11.4. The zero-order valence-electron chi connectivity index (χ0n) is 18.7. The highest BCUT2D eigenvalue weighted by atomic mass is 16.5. The number of carbonyl (C=O) groups excluding carboxylic acids is 3. The predicted molar refractivity (Wildman–Crippen MR) is 121 cm³/mol. The lowest BCUT2D eigenvalue weighted by Gasteiger charge is -2.24. The summed E-state index contributed by atoms with van der Waals surface area (Å²) in [6, 6.07) is 10.2. The first kappa shape index (κ1) is 21.3. The van der Waals surface area contributed by atoms with Crippen LogP contribution in [0.1, 0.15) is 54.2 Å². The summed E-state index contributed by atoms with van der Waals surface area (Å²) in [4.78, 5) is 40.3. The molecular weight excluding hydrogens is 422 g/mol. The largest absolute Gasteiger partial charge is 0.492 e. The van der Waals surface area contributed by atoms with E-state index in [1.807, 2.05) is 26.0 Å². The molecule has 3 aliphatic rings. The van der Waals surface area contributed by atoms with Crippen LogP contribution in [0.2, 0.25) is 0 Å². The average Bonchev–Trinajstić information content (AvgIpc) is 3.50. The molecule has 1 fully saturated rings. The van der Waals surface area contributed by atoms with E-state index in [9.17, 15) is 14.4 Å². The number of benzene rings is 2. The molecule has 0 radical (unpaired) electrons. The number of rotatable bonds is 7. The second kappa shape index (κ2) is 8.42. The van der Waals surface area contributed by atoms with Crippen LogP contribution < -0.4 is 20.1 Å². The number of carbonyl (C=O) groups is 3. The zero-order chi connectivity index (χ0) is 23.1. The third kappa shape index (κ3) is 4.01. The maximum absolute atomic E-state index is 13.1. The Labute approximate surface area is 192 Å². The Morgan fingerprint density at radius 2 is 2.00 bits per heavy atom. The number of hydrogen-bond donors (Lipinski definition) is 2. The van der Waals surface area contributed by atoms with Gasteiger partial charge < -0.3 is 25.0 Å². The highest BCUT2D eigenvalue weighted by Crippen LogP contribution is 2.42. The third-order valence-corrected chi connectivity index (χ3v) is 6.18. The summed E-state index contributed by atoms with van der Waals surface area (Å²) in [7, 11) is 0. The quantitative estimate of drug-likeness (QED) is 0.678. The molecule has 2 aromatic rings. The van der Waals surface area contributed by atoms with Gasteiger partial charge in [0.15, 0.2) is 0 Å². The molecule has 2 unspecified atom stereocenters. The van der Waals surface area contributed by atoms with Crippen LogP contribution in [0.25, 0.3) is 0 Å². The molecule has 2 aliphatic heterocycles. The second-order valence-corrected chi connectivity index (χ2v) is 8.72. The van der Waals surface area contributed by atoms with Crippen LogP contribution in [-0.4, -0.2) is 47.9 Å². The number of nitrogens with zero attached hydrogens (tertiary/aromatic N) is 1. The zero-order valence-corrected chi connectivity index (χ0v) is 18.7. The standard InChI is InChI=1S/C25H27N3O5/c1-3-32-21-11-15-10-14(2)33-20(15)12-19(21)27-22(29)13-26-24(30)23-17-6-4-5-7-18(17)25(31)28(23)16-8-9-16/h4-7,11-12,14,16,23H,3,8-10,13H2,1-2H3,(H,26,30)(H,27,29). The summed E-state index contributed by atoms with van der Waals surface area (Å²) in [5.74, 6) is 0.444. The van der Waals surface area contributed by atoms with Gasteiger partial charge in [-0.25, -0.2) is 0 Å². The van der Waals surface area contributed by atoms with Crippen LogP contribution in [0.4, 0.5) is 5.69 Å². The highest BCUT2D eigenvalue weighted by molar-refractivity contribution is 6.05. The molecule has 8 heteroatoms. The van der Waals surface area contributed by atoms with E-state index in [1.54, 1.807) is 29.2 Å². The first-order chi connectivity index (χ1) is 16.0. The fraction of sp³-hybridized carbons (Fsp3) is 0.400. The number of nitrogens with one attached hydrogen (secondary N) is 2. The Kier molecular flexibility index (Phi) is 5.44. The summed E-state index contributed by atoms with van der Waals surface area (Å²) >= 11 is 0. The molecule has 0 aromatic heterocycles. The Balaban J connectivity index is 1.28. The number of ether oxygens (including phenoxy) is 2. The van der Waals surface area contributed by atoms with Crippen LogP contribution in [0.3, 0.4) is 0 Å². The van der Waals surface area contributed by atoms with Crippen molar-refractivity contribution in [3.05, 3.63) is 53.1 Å². The summed E-state index contributed by atoms with van der Waals surface area (Å²) in [6.07, 6.45) is 2.65. The second-order valence-electron chi connectivity index (χ2n) is 8.72. The molecule has 5 rings (SSSR count). The first-order valence-corrected chi connectivity index (χ1v) is 11.4. The van der Waals surface area contributed by atoms with Gasteiger partial charge in [0.2, 0.25) is 11.8 Å². The maximum Gasteiger partial charge on any atom is 0.255 e. The fourth-order valence-corrected chi connectivity index (χ4v) is 4.60. The van der Waals surface area contributed by atoms with E-state index in [0.717, 1.165) is 30.6 Å². The number of anilines is 1. The fourth-order valence-electron chi connectivity index (χ4n) is 4.60. The minimum absolute atomic E-state index is 0.0751. The number of amides is 3. The predicted octanol–water partition coefficient (Wildman–Crippen LogP) is 2.82. The summed E-state index contributed by atoms with van der Waals surface area (Å²) in [5.41, 5.74) is 2.80. The van der Waals surface area contributed by atoms with Gasteiger partial charge in [-0.3, -0.25) is 14.4 Å². The van der Waals surface area contributed by atoms with E-state index in [2.05, 4.69) is 10.6 Å². The van der Waals surface area contributed by atoms with E-state index >= 15 is 0 Å². The maximum atomic E-state index is 13.1. The van der Waals surface area contributed by atoms with E-state index in [4.69, 9.17) is 9.47 Å². The monoisotopic (exact) mass is 449 g/mol. The SMILES string of the molecule is CCOc1cc2c(cc1NC(=O)CNC(=O)C1c3ccccc3C(=O)N1C1CC1)OC(C)C2. The molecule has 172 valence electrons. The Hall–Kier alpha value is -3.55. The molecule has 0 saturated heterocycles. The molecule has 1 saturated carbocycles. The summed E-state index contributed by atoms with van der Waals surface area (Å²) in [5, 5.41) is 5.53. The van der Waals surface area contributed by atoms with Gasteiger partial charge in [0.05, 0.1) is 18.8 Å². The van der Waals surface area contributed by atoms with Crippen molar-refractivity contribution in [1.82, 2.24) is 10.2 Å². The minimum Gasteiger partial charge on any atom is -0.492 e. The molecule has 8 nitrogen and oxygen atoms in total. The van der Waals surface area contributed by atoms with Crippen molar-refractivity contribution in [2.45, 2.75) is 51.3 Å². The molecule has 2 N–H and O–H groups in total. The van der Waals surface area contributed by atoms with Gasteiger partial charge in [-0.05, 0) is 44.4 Å². The van der Waals surface area contributed by atoms with Crippen molar-refractivity contribution in [2.75, 3.05) is 18.5 Å². The average molecular weight is 450 g/mol. The highest BCUT2D eigenvalue weighted by Gasteiger charge is 2.47. The molecule has 0 spiro atoms. The lowest BCUT2D eigenvalue weighted by molar-refractivity contribution is -0.127. The molecule has 1 aliphatic carbocycles. The molecule has 2 atom stereocenters. The molecule has 0 bridgehead atoms. The van der Waals surface area contributed by atoms with Gasteiger partial charge in [0.25, 0.3) is 5.91 Å². The molecule has 2 aromatic carbocycles. The van der Waals surface area contributed by atoms with Gasteiger partial charge in [0.1, 0.15) is 23.6 Å². The van der Waals surface area contributed by atoms with Crippen LogP contribution in [0.5, 0.6) is 11.5 Å². The topological polar surface area (TPSA) is 97.0 Å². The molecule has 3 amide bonds. The smallest absolute Gasteiger partial charge is 0.255 e. The number of fused-ring (bicyclic) bond motifs is 2. The Morgan fingerprint density at radius 1 is 1.21 bits per heavy atom. The Morgan fingerprint density at radius 3 is 2.76 bits per heavy atom. The van der Waals surface area contributed by atoms with Crippen molar-refractivity contribution in [1.29, 1.82) is 0 Å². The third-order valence-electron chi connectivity index (χ3n) is 6.18. The molecular formula is C25H27N3O5. The van der Waals surface area contributed by atoms with E-state index in [-0.39, 0.29) is 36.4 Å². The van der Waals surface area contributed by atoms with Gasteiger partial charge in [-0.2, -0.15) is 0 Å². The molecule has 33 heavy (non-hydrogen) atoms. The normalized spacial score (nSPS) is 20.7. The lowest BCUT2D eigenvalue weighted by atomic mass is 10.0. The molecule has 2 heterocycles. The van der Waals surface area contributed by atoms with Crippen molar-refractivity contribution in [2.24, 2.45) is 0 Å².